The topological polar surface area (TPSA) is 119 Å². The van der Waals surface area contributed by atoms with Crippen LogP contribution in [0.3, 0.4) is 0 Å². The van der Waals surface area contributed by atoms with E-state index in [9.17, 15) is 19.2 Å². The van der Waals surface area contributed by atoms with Gasteiger partial charge in [0.1, 0.15) is 12.8 Å². The molecule has 8 nitrogen and oxygen atoms in total. The van der Waals surface area contributed by atoms with E-state index in [1.165, 1.54) is 7.11 Å². The first-order valence-electron chi connectivity index (χ1n) is 4.80. The van der Waals surface area contributed by atoms with Crippen LogP contribution in [0.15, 0.2) is 0 Å². The molecule has 0 rings (SSSR count). The van der Waals surface area contributed by atoms with Crippen molar-refractivity contribution >= 4 is 24.1 Å². The maximum absolute atomic E-state index is 11.5. The summed E-state index contributed by atoms with van der Waals surface area (Å²) in [6.45, 7) is -1.14. The number of methoxy groups -OCH3 is 1. The number of ether oxygens (including phenoxy) is 1. The van der Waals surface area contributed by atoms with Crippen LogP contribution < -0.4 is 11.1 Å². The molecule has 0 aromatic rings. The number of aldehydes is 1. The van der Waals surface area contributed by atoms with Crippen LogP contribution in [0, 0.1) is 0 Å². The molecule has 0 heterocycles. The van der Waals surface area contributed by atoms with Crippen LogP contribution in [0.5, 0.6) is 0 Å². The van der Waals surface area contributed by atoms with Gasteiger partial charge in [-0.05, 0) is 0 Å². The Balaban J connectivity index is 4.28. The molecule has 2 amide bonds. The molecule has 0 spiro atoms. The Bertz CT molecular complexity index is 305. The van der Waals surface area contributed by atoms with Crippen LogP contribution in [-0.2, 0) is 23.9 Å². The zero-order valence-electron chi connectivity index (χ0n) is 9.47. The smallest absolute Gasteiger partial charge is 0.325 e. The lowest BCUT2D eigenvalue weighted by atomic mass is 10.4. The van der Waals surface area contributed by atoms with Crippen LogP contribution in [0.1, 0.15) is 0 Å². The van der Waals surface area contributed by atoms with Gasteiger partial charge in [-0.2, -0.15) is 0 Å². The molecule has 0 bridgehead atoms. The molecule has 0 fully saturated rings. The number of nitrogens with zero attached hydrogens (tertiary/aromatic N) is 1. The normalized spacial score (nSPS) is 9.29. The Morgan fingerprint density at radius 3 is 2.53 bits per heavy atom. The van der Waals surface area contributed by atoms with Gasteiger partial charge in [0.15, 0.2) is 0 Å². The van der Waals surface area contributed by atoms with Crippen LogP contribution in [0.2, 0.25) is 0 Å². The van der Waals surface area contributed by atoms with Crippen LogP contribution in [-0.4, -0.2) is 62.3 Å². The number of hydrogen-bond donors (Lipinski definition) is 2. The van der Waals surface area contributed by atoms with Crippen molar-refractivity contribution in [3.8, 4) is 0 Å². The minimum atomic E-state index is -0.648. The van der Waals surface area contributed by atoms with Crippen LogP contribution >= 0.6 is 0 Å². The maximum atomic E-state index is 11.5. The molecule has 17 heavy (non-hydrogen) atoms. The number of amides is 2. The van der Waals surface area contributed by atoms with E-state index in [0.717, 1.165) is 4.90 Å². The molecule has 3 N–H and O–H groups in total. The van der Waals surface area contributed by atoms with Gasteiger partial charge in [-0.15, -0.1) is 0 Å². The molecule has 96 valence electrons. The first-order chi connectivity index (χ1) is 8.04. The Hall–Kier alpha value is -1.96. The van der Waals surface area contributed by atoms with Crippen molar-refractivity contribution in [3.63, 3.8) is 0 Å². The number of esters is 1. The van der Waals surface area contributed by atoms with Gasteiger partial charge in [0.25, 0.3) is 0 Å². The monoisotopic (exact) mass is 245 g/mol. The summed E-state index contributed by atoms with van der Waals surface area (Å²) < 4.78 is 4.37. The number of rotatable bonds is 7. The van der Waals surface area contributed by atoms with E-state index in [1.54, 1.807) is 0 Å². The van der Waals surface area contributed by atoms with Gasteiger partial charge in [0.05, 0.1) is 26.7 Å². The van der Waals surface area contributed by atoms with Crippen molar-refractivity contribution in [1.82, 2.24) is 10.2 Å². The van der Waals surface area contributed by atoms with Gasteiger partial charge in [0, 0.05) is 0 Å². The van der Waals surface area contributed by atoms with E-state index in [1.807, 2.05) is 0 Å². The highest BCUT2D eigenvalue weighted by Crippen LogP contribution is 1.89. The zero-order chi connectivity index (χ0) is 13.3. The van der Waals surface area contributed by atoms with Gasteiger partial charge in [-0.25, -0.2) is 0 Å². The predicted molar refractivity (Wildman–Crippen MR) is 56.7 cm³/mol. The third-order valence-electron chi connectivity index (χ3n) is 1.82. The van der Waals surface area contributed by atoms with Gasteiger partial charge in [0.2, 0.25) is 11.8 Å². The lowest BCUT2D eigenvalue weighted by Gasteiger charge is -2.18. The van der Waals surface area contributed by atoms with Crippen molar-refractivity contribution in [2.24, 2.45) is 5.73 Å². The van der Waals surface area contributed by atoms with Crippen LogP contribution in [0.4, 0.5) is 0 Å². The summed E-state index contributed by atoms with van der Waals surface area (Å²) in [6.07, 6.45) is 0.478. The Labute approximate surface area is 98.1 Å². The van der Waals surface area contributed by atoms with Crippen molar-refractivity contribution in [1.29, 1.82) is 0 Å². The highest BCUT2D eigenvalue weighted by atomic mass is 16.5. The average Bonchev–Trinajstić information content (AvgIpc) is 2.34. The largest absolute Gasteiger partial charge is 0.468 e. The molecule has 0 aliphatic carbocycles. The SMILES string of the molecule is COC(=O)CN(CC=O)C(=O)CNC(=O)CN. The molecule has 0 unspecified atom stereocenters. The van der Waals surface area contributed by atoms with E-state index in [0.29, 0.717) is 6.29 Å². The standard InChI is InChI=1S/C9H15N3O5/c1-17-9(16)6-12(2-3-13)8(15)5-11-7(14)4-10/h3H,2,4-6,10H2,1H3,(H,11,14). The lowest BCUT2D eigenvalue weighted by molar-refractivity contribution is -0.147. The first-order valence-corrected chi connectivity index (χ1v) is 4.80. The van der Waals surface area contributed by atoms with E-state index in [2.05, 4.69) is 10.1 Å². The highest BCUT2D eigenvalue weighted by Gasteiger charge is 2.17. The van der Waals surface area contributed by atoms with E-state index >= 15 is 0 Å². The Kier molecular flexibility index (Phi) is 7.27. The van der Waals surface area contributed by atoms with Crippen molar-refractivity contribution < 1.29 is 23.9 Å². The average molecular weight is 245 g/mol. The summed E-state index contributed by atoms with van der Waals surface area (Å²) in [5.74, 6) is -1.71. The molecular formula is C9H15N3O5. The molecule has 0 atom stereocenters. The van der Waals surface area contributed by atoms with E-state index < -0.39 is 17.8 Å². The molecule has 0 aromatic heterocycles. The molecule has 0 saturated heterocycles. The van der Waals surface area contributed by atoms with E-state index in [-0.39, 0.29) is 26.2 Å². The minimum absolute atomic E-state index is 0.238. The molecule has 0 saturated carbocycles. The summed E-state index contributed by atoms with van der Waals surface area (Å²) in [4.78, 5) is 44.6. The van der Waals surface area contributed by atoms with Crippen molar-refractivity contribution in [2.75, 3.05) is 33.3 Å². The van der Waals surface area contributed by atoms with Crippen LogP contribution in [0.25, 0.3) is 0 Å². The number of carbonyl (C=O) groups is 4. The Morgan fingerprint density at radius 2 is 2.06 bits per heavy atom. The van der Waals surface area contributed by atoms with Gasteiger partial charge >= 0.3 is 5.97 Å². The summed E-state index contributed by atoms with van der Waals surface area (Å²) >= 11 is 0. The fourth-order valence-electron chi connectivity index (χ4n) is 0.923. The molecule has 0 radical (unpaired) electrons. The second kappa shape index (κ2) is 8.22. The first kappa shape index (κ1) is 15.0. The number of hydrogen-bond acceptors (Lipinski definition) is 6. The third-order valence-corrected chi connectivity index (χ3v) is 1.82. The number of carbonyl (C=O) groups excluding carboxylic acids is 4. The summed E-state index contributed by atoms with van der Waals surface area (Å²) in [6, 6.07) is 0. The van der Waals surface area contributed by atoms with Gasteiger partial charge in [-0.1, -0.05) is 0 Å². The molecule has 0 aromatic carbocycles. The third kappa shape index (κ3) is 6.25. The quantitative estimate of drug-likeness (QED) is 0.371. The molecule has 0 aliphatic heterocycles. The summed E-state index contributed by atoms with van der Waals surface area (Å²) in [5, 5.41) is 2.24. The second-order valence-corrected chi connectivity index (χ2v) is 3.00. The fraction of sp³-hybridized carbons (Fsp3) is 0.556. The fourth-order valence-corrected chi connectivity index (χ4v) is 0.923. The van der Waals surface area contributed by atoms with Crippen molar-refractivity contribution in [3.05, 3.63) is 0 Å². The maximum Gasteiger partial charge on any atom is 0.325 e. The zero-order valence-corrected chi connectivity index (χ0v) is 9.47. The predicted octanol–water partition coefficient (Wildman–Crippen LogP) is -2.74. The van der Waals surface area contributed by atoms with Gasteiger partial charge in [-0.3, -0.25) is 14.4 Å². The van der Waals surface area contributed by atoms with E-state index in [4.69, 9.17) is 5.73 Å². The molecular weight excluding hydrogens is 230 g/mol. The number of nitrogens with one attached hydrogen (secondary N) is 1. The lowest BCUT2D eigenvalue weighted by Crippen LogP contribution is -2.44. The summed E-state index contributed by atoms with van der Waals surface area (Å²) in [5.41, 5.74) is 5.03. The Morgan fingerprint density at radius 1 is 1.41 bits per heavy atom. The molecule has 8 heteroatoms. The minimum Gasteiger partial charge on any atom is -0.468 e. The van der Waals surface area contributed by atoms with Crippen molar-refractivity contribution in [2.45, 2.75) is 0 Å². The second-order valence-electron chi connectivity index (χ2n) is 3.00. The molecule has 0 aliphatic rings. The van der Waals surface area contributed by atoms with Gasteiger partial charge < -0.3 is 25.5 Å². The number of nitrogens with two attached hydrogens (primary N) is 1. The summed E-state index contributed by atoms with van der Waals surface area (Å²) in [7, 11) is 1.17. The highest BCUT2D eigenvalue weighted by molar-refractivity contribution is 5.88.